The lowest BCUT2D eigenvalue weighted by Gasteiger charge is -2.29. The number of nitrogens with one attached hydrogen (secondary N) is 2. The molecule has 1 aliphatic rings. The summed E-state index contributed by atoms with van der Waals surface area (Å²) in [4.78, 5) is 11.9. The highest BCUT2D eigenvalue weighted by atomic mass is 19.2. The van der Waals surface area contributed by atoms with Crippen LogP contribution < -0.4 is 10.6 Å². The first-order valence-corrected chi connectivity index (χ1v) is 7.00. The van der Waals surface area contributed by atoms with Crippen molar-refractivity contribution in [3.05, 3.63) is 35.4 Å². The largest absolute Gasteiger partial charge is 0.352 e. The topological polar surface area (TPSA) is 41.1 Å². The molecule has 1 heterocycles. The summed E-state index contributed by atoms with van der Waals surface area (Å²) in [6.45, 7) is 3.31. The fraction of sp³-hybridized carbons (Fsp3) is 0.533. The number of hydrogen-bond donors (Lipinski definition) is 2. The van der Waals surface area contributed by atoms with Crippen molar-refractivity contribution in [2.75, 3.05) is 6.54 Å². The lowest BCUT2D eigenvalue weighted by Crippen LogP contribution is -2.43. The summed E-state index contributed by atoms with van der Waals surface area (Å²) in [5, 5.41) is 6.09. The first-order valence-electron chi connectivity index (χ1n) is 7.00. The van der Waals surface area contributed by atoms with Gasteiger partial charge in [0.1, 0.15) is 0 Å². The van der Waals surface area contributed by atoms with Crippen LogP contribution in [0.1, 0.15) is 31.7 Å². The van der Waals surface area contributed by atoms with Crippen molar-refractivity contribution in [1.29, 1.82) is 0 Å². The molecule has 0 aromatic heterocycles. The molecule has 1 fully saturated rings. The zero-order chi connectivity index (χ0) is 14.5. The van der Waals surface area contributed by atoms with E-state index in [4.69, 9.17) is 0 Å². The number of carbonyl (C=O) groups is 1. The second kappa shape index (κ2) is 6.79. The highest BCUT2D eigenvalue weighted by molar-refractivity contribution is 5.76. The van der Waals surface area contributed by atoms with Gasteiger partial charge in [-0.15, -0.1) is 0 Å². The number of benzene rings is 1. The molecule has 110 valence electrons. The molecule has 2 rings (SSSR count). The van der Waals surface area contributed by atoms with Crippen LogP contribution in [-0.4, -0.2) is 18.5 Å². The third-order valence-corrected chi connectivity index (χ3v) is 3.81. The van der Waals surface area contributed by atoms with Crippen LogP contribution in [0.25, 0.3) is 0 Å². The van der Waals surface area contributed by atoms with Gasteiger partial charge in [-0.25, -0.2) is 8.78 Å². The van der Waals surface area contributed by atoms with Crippen molar-refractivity contribution in [1.82, 2.24) is 10.6 Å². The van der Waals surface area contributed by atoms with E-state index < -0.39 is 11.6 Å². The van der Waals surface area contributed by atoms with Gasteiger partial charge < -0.3 is 10.6 Å². The number of hydrogen-bond acceptors (Lipinski definition) is 2. The van der Waals surface area contributed by atoms with Crippen molar-refractivity contribution >= 4 is 5.91 Å². The van der Waals surface area contributed by atoms with E-state index in [2.05, 4.69) is 17.6 Å². The molecule has 2 N–H and O–H groups in total. The maximum absolute atomic E-state index is 13.0. The lowest BCUT2D eigenvalue weighted by molar-refractivity contribution is -0.122. The van der Waals surface area contributed by atoms with Crippen LogP contribution >= 0.6 is 0 Å². The predicted molar refractivity (Wildman–Crippen MR) is 73.0 cm³/mol. The quantitative estimate of drug-likeness (QED) is 0.890. The van der Waals surface area contributed by atoms with E-state index in [1.165, 1.54) is 6.07 Å². The number of rotatable bonds is 4. The van der Waals surface area contributed by atoms with Crippen LogP contribution in [0.5, 0.6) is 0 Å². The first-order chi connectivity index (χ1) is 9.56. The van der Waals surface area contributed by atoms with E-state index in [1.54, 1.807) is 0 Å². The fourth-order valence-electron chi connectivity index (χ4n) is 2.51. The Bertz CT molecular complexity index is 479. The van der Waals surface area contributed by atoms with E-state index in [0.717, 1.165) is 31.5 Å². The standard InChI is InChI=1S/C15H20F2N2O/c1-10-3-2-6-18-14(10)8-15(20)19-9-11-4-5-12(16)13(17)7-11/h4-5,7,10,14,18H,2-3,6,8-9H2,1H3,(H,19,20). The second-order valence-electron chi connectivity index (χ2n) is 5.41. The fourth-order valence-corrected chi connectivity index (χ4v) is 2.51. The highest BCUT2D eigenvalue weighted by Crippen LogP contribution is 2.18. The molecular weight excluding hydrogens is 262 g/mol. The van der Waals surface area contributed by atoms with E-state index in [1.807, 2.05) is 0 Å². The van der Waals surface area contributed by atoms with Gasteiger partial charge >= 0.3 is 0 Å². The Balaban J connectivity index is 1.81. The van der Waals surface area contributed by atoms with E-state index in [0.29, 0.717) is 17.9 Å². The van der Waals surface area contributed by atoms with Gasteiger partial charge in [-0.2, -0.15) is 0 Å². The minimum Gasteiger partial charge on any atom is -0.352 e. The summed E-state index contributed by atoms with van der Waals surface area (Å²) in [6, 6.07) is 3.85. The van der Waals surface area contributed by atoms with Gasteiger partial charge in [0.25, 0.3) is 0 Å². The van der Waals surface area contributed by atoms with Crippen molar-refractivity contribution in [3.63, 3.8) is 0 Å². The van der Waals surface area contributed by atoms with Gasteiger partial charge in [0.15, 0.2) is 11.6 Å². The summed E-state index contributed by atoms with van der Waals surface area (Å²) in [6.07, 6.45) is 2.70. The third kappa shape index (κ3) is 4.00. The molecule has 1 aromatic carbocycles. The monoisotopic (exact) mass is 282 g/mol. The van der Waals surface area contributed by atoms with Crippen LogP contribution in [0.4, 0.5) is 8.78 Å². The maximum Gasteiger partial charge on any atom is 0.221 e. The van der Waals surface area contributed by atoms with Crippen molar-refractivity contribution < 1.29 is 13.6 Å². The van der Waals surface area contributed by atoms with Gasteiger partial charge in [-0.05, 0) is 43.0 Å². The Hall–Kier alpha value is -1.49. The summed E-state index contributed by atoms with van der Waals surface area (Å²) in [5.74, 6) is -1.35. The SMILES string of the molecule is CC1CCCNC1CC(=O)NCc1ccc(F)c(F)c1. The van der Waals surface area contributed by atoms with Crippen LogP contribution in [0.2, 0.25) is 0 Å². The maximum atomic E-state index is 13.0. The normalized spacial score (nSPS) is 22.6. The zero-order valence-corrected chi connectivity index (χ0v) is 11.6. The number of carbonyl (C=O) groups excluding carboxylic acids is 1. The molecule has 1 saturated heterocycles. The van der Waals surface area contributed by atoms with Gasteiger partial charge in [0.05, 0.1) is 0 Å². The Labute approximate surface area is 117 Å². The van der Waals surface area contributed by atoms with Crippen molar-refractivity contribution in [3.8, 4) is 0 Å². The van der Waals surface area contributed by atoms with Crippen LogP contribution in [0.15, 0.2) is 18.2 Å². The van der Waals surface area contributed by atoms with Gasteiger partial charge in [-0.3, -0.25) is 4.79 Å². The summed E-state index contributed by atoms with van der Waals surface area (Å²) < 4.78 is 25.8. The molecule has 0 aliphatic carbocycles. The molecule has 0 spiro atoms. The van der Waals surface area contributed by atoms with E-state index in [9.17, 15) is 13.6 Å². The van der Waals surface area contributed by atoms with Crippen LogP contribution in [0, 0.1) is 17.6 Å². The van der Waals surface area contributed by atoms with Gasteiger partial charge in [0.2, 0.25) is 5.91 Å². The second-order valence-corrected chi connectivity index (χ2v) is 5.41. The smallest absolute Gasteiger partial charge is 0.221 e. The van der Waals surface area contributed by atoms with E-state index >= 15 is 0 Å². The molecule has 0 radical (unpaired) electrons. The molecule has 0 bridgehead atoms. The summed E-state index contributed by atoms with van der Waals surface area (Å²) in [7, 11) is 0. The minimum absolute atomic E-state index is 0.0685. The van der Waals surface area contributed by atoms with Crippen LogP contribution in [0.3, 0.4) is 0 Å². The molecule has 1 amide bonds. The average molecular weight is 282 g/mol. The molecule has 1 aromatic rings. The Kier molecular flexibility index (Phi) is 5.06. The Morgan fingerprint density at radius 3 is 2.90 bits per heavy atom. The number of amides is 1. The minimum atomic E-state index is -0.890. The molecule has 0 saturated carbocycles. The highest BCUT2D eigenvalue weighted by Gasteiger charge is 2.22. The Morgan fingerprint density at radius 2 is 2.20 bits per heavy atom. The molecule has 2 unspecified atom stereocenters. The van der Waals surface area contributed by atoms with E-state index in [-0.39, 0.29) is 18.5 Å². The molecule has 5 heteroatoms. The third-order valence-electron chi connectivity index (χ3n) is 3.81. The average Bonchev–Trinajstić information content (AvgIpc) is 2.43. The number of piperidine rings is 1. The van der Waals surface area contributed by atoms with Crippen molar-refractivity contribution in [2.45, 2.75) is 38.8 Å². The van der Waals surface area contributed by atoms with Crippen LogP contribution in [-0.2, 0) is 11.3 Å². The van der Waals surface area contributed by atoms with Crippen molar-refractivity contribution in [2.24, 2.45) is 5.92 Å². The summed E-state index contributed by atoms with van der Waals surface area (Å²) in [5.41, 5.74) is 0.557. The molecular formula is C15H20F2N2O. The first kappa shape index (κ1) is 14.9. The zero-order valence-electron chi connectivity index (χ0n) is 11.6. The molecule has 2 atom stereocenters. The molecule has 3 nitrogen and oxygen atoms in total. The predicted octanol–water partition coefficient (Wildman–Crippen LogP) is 2.36. The van der Waals surface area contributed by atoms with Gasteiger partial charge in [-0.1, -0.05) is 13.0 Å². The lowest BCUT2D eigenvalue weighted by atomic mass is 9.90. The molecule has 1 aliphatic heterocycles. The summed E-state index contributed by atoms with van der Waals surface area (Å²) >= 11 is 0. The van der Waals surface area contributed by atoms with Gasteiger partial charge in [0, 0.05) is 19.0 Å². The Morgan fingerprint density at radius 1 is 1.40 bits per heavy atom. The number of halogens is 2. The molecule has 20 heavy (non-hydrogen) atoms.